The van der Waals surface area contributed by atoms with Crippen molar-refractivity contribution in [2.24, 2.45) is 0 Å². The molecule has 0 bridgehead atoms. The van der Waals surface area contributed by atoms with Crippen molar-refractivity contribution in [1.29, 1.82) is 5.26 Å². The van der Waals surface area contributed by atoms with E-state index in [4.69, 9.17) is 5.26 Å². The lowest BCUT2D eigenvalue weighted by Gasteiger charge is -2.04. The third-order valence-electron chi connectivity index (χ3n) is 3.47. The first-order chi connectivity index (χ1) is 11.2. The molecule has 0 aliphatic heterocycles. The van der Waals surface area contributed by atoms with E-state index < -0.39 is 11.2 Å². The van der Waals surface area contributed by atoms with E-state index >= 15 is 0 Å². The number of nitrogens with zero attached hydrogens (tertiary/aromatic N) is 2. The smallest absolute Gasteiger partial charge is 0.149 e. The molecule has 1 N–H and O–H groups in total. The average Bonchev–Trinajstić information content (AvgIpc) is 2.99. The maximum atomic E-state index is 11.6. The predicted molar refractivity (Wildman–Crippen MR) is 91.9 cm³/mol. The quantitative estimate of drug-likeness (QED) is 0.747. The molecular weight excluding hydrogens is 306 g/mol. The normalized spacial score (nSPS) is 11.9. The molecule has 23 heavy (non-hydrogen) atoms. The minimum absolute atomic E-state index is 0.400. The van der Waals surface area contributed by atoms with Gasteiger partial charge in [-0.05, 0) is 24.3 Å². The third kappa shape index (κ3) is 3.45. The van der Waals surface area contributed by atoms with Gasteiger partial charge in [0.1, 0.15) is 17.3 Å². The Morgan fingerprint density at radius 3 is 2.39 bits per heavy atom. The molecule has 1 unspecified atom stereocenters. The summed E-state index contributed by atoms with van der Waals surface area (Å²) in [5.41, 5.74) is 4.20. The number of nitrogens with one attached hydrogen (secondary N) is 1. The molecular formula is C18H15N3OS. The standard InChI is InChI=1S/C18H15N3OS/c1-23(22)12-16-17(14-5-3-2-4-6-14)21-18(20-16)15-9-7-13(11-19)8-10-15/h2-10H,12H2,1H3,(H,20,21). The summed E-state index contributed by atoms with van der Waals surface area (Å²) in [7, 11) is 0. The Bertz CT molecular complexity index is 833. The summed E-state index contributed by atoms with van der Waals surface area (Å²) in [4.78, 5) is 7.95. The van der Waals surface area contributed by atoms with E-state index in [9.17, 15) is 4.55 Å². The lowest BCUT2D eigenvalue weighted by atomic mass is 10.1. The third-order valence-corrected chi connectivity index (χ3v) is 4.15. The van der Waals surface area contributed by atoms with Gasteiger partial charge in [-0.25, -0.2) is 4.98 Å². The Labute approximate surface area is 138 Å². The van der Waals surface area contributed by atoms with Crippen LogP contribution in [0.5, 0.6) is 0 Å². The van der Waals surface area contributed by atoms with E-state index in [0.717, 1.165) is 22.5 Å². The first-order valence-corrected chi connectivity index (χ1v) is 8.85. The number of H-pyrrole nitrogens is 1. The van der Waals surface area contributed by atoms with Crippen LogP contribution in [0, 0.1) is 11.3 Å². The zero-order chi connectivity index (χ0) is 16.2. The lowest BCUT2D eigenvalue weighted by Crippen LogP contribution is -2.02. The highest BCUT2D eigenvalue weighted by Crippen LogP contribution is 2.27. The van der Waals surface area contributed by atoms with Gasteiger partial charge in [-0.15, -0.1) is 0 Å². The maximum absolute atomic E-state index is 11.6. The summed E-state index contributed by atoms with van der Waals surface area (Å²) >= 11 is -0.974. The molecule has 1 aromatic heterocycles. The number of hydrogen-bond acceptors (Lipinski definition) is 3. The van der Waals surface area contributed by atoms with Crippen LogP contribution in [0.25, 0.3) is 22.6 Å². The fourth-order valence-corrected chi connectivity index (χ4v) is 2.98. The van der Waals surface area contributed by atoms with Gasteiger partial charge in [0, 0.05) is 11.1 Å². The molecule has 0 saturated heterocycles. The first kappa shape index (κ1) is 15.3. The molecule has 1 atom stereocenters. The minimum Gasteiger partial charge on any atom is -0.616 e. The molecule has 0 fully saturated rings. The van der Waals surface area contributed by atoms with Crippen molar-refractivity contribution in [2.75, 3.05) is 6.26 Å². The average molecular weight is 321 g/mol. The van der Waals surface area contributed by atoms with Crippen molar-refractivity contribution in [3.05, 3.63) is 65.9 Å². The monoisotopic (exact) mass is 321 g/mol. The zero-order valence-electron chi connectivity index (χ0n) is 12.6. The zero-order valence-corrected chi connectivity index (χ0v) is 13.4. The van der Waals surface area contributed by atoms with Gasteiger partial charge in [0.05, 0.1) is 23.6 Å². The summed E-state index contributed by atoms with van der Waals surface area (Å²) in [6.07, 6.45) is 1.67. The van der Waals surface area contributed by atoms with E-state index in [-0.39, 0.29) is 0 Å². The molecule has 2 aromatic carbocycles. The van der Waals surface area contributed by atoms with Crippen LogP contribution < -0.4 is 0 Å². The molecule has 3 rings (SSSR count). The van der Waals surface area contributed by atoms with E-state index in [1.165, 1.54) is 0 Å². The number of benzene rings is 2. The fourth-order valence-electron chi connectivity index (χ4n) is 2.39. The van der Waals surface area contributed by atoms with Gasteiger partial charge in [0.25, 0.3) is 0 Å². The Balaban J connectivity index is 2.05. The van der Waals surface area contributed by atoms with Gasteiger partial charge in [-0.2, -0.15) is 5.26 Å². The summed E-state index contributed by atoms with van der Waals surface area (Å²) in [5, 5.41) is 8.89. The van der Waals surface area contributed by atoms with Crippen molar-refractivity contribution in [2.45, 2.75) is 5.75 Å². The van der Waals surface area contributed by atoms with Crippen LogP contribution in [0.4, 0.5) is 0 Å². The molecule has 0 radical (unpaired) electrons. The van der Waals surface area contributed by atoms with Crippen molar-refractivity contribution in [3.63, 3.8) is 0 Å². The second-order valence-electron chi connectivity index (χ2n) is 5.18. The molecule has 0 aliphatic carbocycles. The van der Waals surface area contributed by atoms with Crippen molar-refractivity contribution < 1.29 is 4.55 Å². The number of aromatic amines is 1. The topological polar surface area (TPSA) is 75.5 Å². The van der Waals surface area contributed by atoms with Crippen LogP contribution in [0.2, 0.25) is 0 Å². The van der Waals surface area contributed by atoms with Crippen molar-refractivity contribution in [3.8, 4) is 28.7 Å². The Hall–Kier alpha value is -2.55. The van der Waals surface area contributed by atoms with Crippen LogP contribution in [0.1, 0.15) is 11.3 Å². The summed E-state index contributed by atoms with van der Waals surface area (Å²) in [5.74, 6) is 1.12. The van der Waals surface area contributed by atoms with E-state index in [2.05, 4.69) is 16.0 Å². The van der Waals surface area contributed by atoms with Gasteiger partial charge >= 0.3 is 0 Å². The SMILES string of the molecule is C[S+]([O-])Cc1nc(-c2ccc(C#N)cc2)[nH]c1-c1ccccc1. The Morgan fingerprint density at radius 1 is 1.09 bits per heavy atom. The van der Waals surface area contributed by atoms with Crippen LogP contribution in [0.15, 0.2) is 54.6 Å². The van der Waals surface area contributed by atoms with Gasteiger partial charge in [-0.1, -0.05) is 41.5 Å². The van der Waals surface area contributed by atoms with Gasteiger partial charge < -0.3 is 9.54 Å². The summed E-state index contributed by atoms with van der Waals surface area (Å²) in [6, 6.07) is 19.2. The Kier molecular flexibility index (Phi) is 4.47. The number of aromatic nitrogens is 2. The van der Waals surface area contributed by atoms with Gasteiger partial charge in [0.2, 0.25) is 0 Å². The largest absolute Gasteiger partial charge is 0.616 e. The highest BCUT2D eigenvalue weighted by molar-refractivity contribution is 7.89. The van der Waals surface area contributed by atoms with Crippen LogP contribution in [0.3, 0.4) is 0 Å². The first-order valence-electron chi connectivity index (χ1n) is 7.12. The lowest BCUT2D eigenvalue weighted by molar-refractivity contribution is 0.599. The van der Waals surface area contributed by atoms with E-state index in [1.807, 2.05) is 42.5 Å². The second-order valence-corrected chi connectivity index (χ2v) is 6.61. The fraction of sp³-hybridized carbons (Fsp3) is 0.111. The van der Waals surface area contributed by atoms with Crippen LogP contribution >= 0.6 is 0 Å². The molecule has 0 saturated carbocycles. The molecule has 0 aliphatic rings. The number of hydrogen-bond donors (Lipinski definition) is 1. The summed E-state index contributed by atoms with van der Waals surface area (Å²) in [6.45, 7) is 0. The number of nitriles is 1. The Morgan fingerprint density at radius 2 is 1.78 bits per heavy atom. The maximum Gasteiger partial charge on any atom is 0.149 e. The number of rotatable bonds is 4. The van der Waals surface area contributed by atoms with Gasteiger partial charge in [0.15, 0.2) is 0 Å². The highest BCUT2D eigenvalue weighted by atomic mass is 32.2. The molecule has 3 aromatic rings. The second kappa shape index (κ2) is 6.69. The molecule has 1 heterocycles. The molecule has 0 amide bonds. The van der Waals surface area contributed by atoms with Crippen LogP contribution in [-0.2, 0) is 16.9 Å². The van der Waals surface area contributed by atoms with Crippen molar-refractivity contribution in [1.82, 2.24) is 9.97 Å². The van der Waals surface area contributed by atoms with Crippen LogP contribution in [-0.4, -0.2) is 20.8 Å². The van der Waals surface area contributed by atoms with E-state index in [1.54, 1.807) is 18.4 Å². The molecule has 0 spiro atoms. The molecule has 4 nitrogen and oxygen atoms in total. The molecule has 114 valence electrons. The van der Waals surface area contributed by atoms with Gasteiger partial charge in [-0.3, -0.25) is 0 Å². The number of imidazole rings is 1. The van der Waals surface area contributed by atoms with E-state index in [0.29, 0.717) is 17.1 Å². The highest BCUT2D eigenvalue weighted by Gasteiger charge is 2.16. The summed E-state index contributed by atoms with van der Waals surface area (Å²) < 4.78 is 11.6. The molecule has 5 heteroatoms. The predicted octanol–water partition coefficient (Wildman–Crippen LogP) is 3.49. The van der Waals surface area contributed by atoms with Crippen molar-refractivity contribution >= 4 is 11.2 Å². The minimum atomic E-state index is -0.974.